The second-order valence-corrected chi connectivity index (χ2v) is 9.97. The lowest BCUT2D eigenvalue weighted by Crippen LogP contribution is -2.44. The smallest absolute Gasteiger partial charge is 0.255 e. The Morgan fingerprint density at radius 3 is 2.49 bits per heavy atom. The average Bonchev–Trinajstić information content (AvgIpc) is 3.35. The quantitative estimate of drug-likeness (QED) is 0.447. The lowest BCUT2D eigenvalue weighted by molar-refractivity contribution is -0.276. The van der Waals surface area contributed by atoms with Gasteiger partial charge in [-0.2, -0.15) is 0 Å². The Labute approximate surface area is 217 Å². The van der Waals surface area contributed by atoms with E-state index in [2.05, 4.69) is 17.1 Å². The summed E-state index contributed by atoms with van der Waals surface area (Å²) in [6.45, 7) is 4.32. The zero-order valence-electron chi connectivity index (χ0n) is 21.0. The van der Waals surface area contributed by atoms with E-state index in [9.17, 15) is 15.0 Å². The van der Waals surface area contributed by atoms with Gasteiger partial charge in [-0.15, -0.1) is 0 Å². The maximum atomic E-state index is 12.7. The fraction of sp³-hybridized carbons (Fsp3) is 0.367. The van der Waals surface area contributed by atoms with Crippen LogP contribution in [0.25, 0.3) is 0 Å². The largest absolute Gasteiger partial charge is 0.392 e. The Morgan fingerprint density at radius 2 is 1.78 bits per heavy atom. The molecule has 7 heteroatoms. The van der Waals surface area contributed by atoms with Crippen LogP contribution in [0.5, 0.6) is 0 Å². The van der Waals surface area contributed by atoms with Crippen molar-refractivity contribution in [1.29, 1.82) is 0 Å². The molecule has 194 valence electrons. The number of β-amino-alcohol motifs (C(OH)–C–C–N with tert-alkyl or cyclic N) is 1. The normalized spacial score (nSPS) is 26.2. The molecule has 5 unspecified atom stereocenters. The van der Waals surface area contributed by atoms with Crippen molar-refractivity contribution in [3.8, 4) is 0 Å². The van der Waals surface area contributed by atoms with Crippen molar-refractivity contribution in [3.63, 3.8) is 0 Å². The van der Waals surface area contributed by atoms with Gasteiger partial charge in [-0.05, 0) is 41.8 Å². The van der Waals surface area contributed by atoms with E-state index in [0.29, 0.717) is 24.3 Å². The third kappa shape index (κ3) is 6.09. The predicted octanol–water partition coefficient (Wildman–Crippen LogP) is 4.29. The van der Waals surface area contributed by atoms with Crippen molar-refractivity contribution in [1.82, 2.24) is 4.90 Å². The van der Waals surface area contributed by atoms with Crippen molar-refractivity contribution in [2.24, 2.45) is 5.92 Å². The summed E-state index contributed by atoms with van der Waals surface area (Å²) in [5.74, 6) is -0.112. The van der Waals surface area contributed by atoms with Gasteiger partial charge in [0.25, 0.3) is 5.91 Å². The number of hydrogen-bond acceptors (Lipinski definition) is 6. The topological polar surface area (TPSA) is 91.3 Å². The lowest BCUT2D eigenvalue weighted by Gasteiger charge is -2.42. The van der Waals surface area contributed by atoms with Crippen molar-refractivity contribution in [3.05, 3.63) is 101 Å². The van der Waals surface area contributed by atoms with Crippen LogP contribution in [0.3, 0.4) is 0 Å². The van der Waals surface area contributed by atoms with Gasteiger partial charge in [-0.3, -0.25) is 9.69 Å². The fourth-order valence-corrected chi connectivity index (χ4v) is 5.12. The van der Waals surface area contributed by atoms with Crippen LogP contribution >= 0.6 is 0 Å². The van der Waals surface area contributed by atoms with Crippen LogP contribution in [0, 0.1) is 5.92 Å². The maximum absolute atomic E-state index is 12.7. The summed E-state index contributed by atoms with van der Waals surface area (Å²) in [6.07, 6.45) is -0.473. The average molecular weight is 503 g/mol. The summed E-state index contributed by atoms with van der Waals surface area (Å²) in [6, 6.07) is 24.5. The van der Waals surface area contributed by atoms with Gasteiger partial charge in [0.05, 0.1) is 24.9 Å². The molecule has 5 atom stereocenters. The number of benzene rings is 3. The van der Waals surface area contributed by atoms with Gasteiger partial charge < -0.3 is 25.0 Å². The summed E-state index contributed by atoms with van der Waals surface area (Å²) in [5, 5.41) is 22.5. The molecule has 0 aromatic heterocycles. The number of nitrogens with one attached hydrogen (secondary N) is 1. The molecule has 3 N–H and O–H groups in total. The molecular weight excluding hydrogens is 468 g/mol. The van der Waals surface area contributed by atoms with Crippen LogP contribution in [-0.4, -0.2) is 52.9 Å². The molecule has 1 amide bonds. The molecule has 2 saturated heterocycles. The molecule has 2 aliphatic rings. The van der Waals surface area contributed by atoms with E-state index in [1.807, 2.05) is 66.7 Å². The first-order valence-corrected chi connectivity index (χ1v) is 12.9. The minimum atomic E-state index is -0.621. The van der Waals surface area contributed by atoms with Crippen molar-refractivity contribution in [2.45, 2.75) is 44.6 Å². The van der Waals surface area contributed by atoms with Gasteiger partial charge >= 0.3 is 0 Å². The number of carbonyl (C=O) groups excluding carboxylic acids is 1. The SMILES string of the molecule is CC1C(CN2CCC(O)C2)OC(c2cccc(NC(=O)c3ccccc3)c2)OC1c1ccc(CO)cc1. The molecule has 2 heterocycles. The Hall–Kier alpha value is -3.07. The number of nitrogens with zero attached hydrogens (tertiary/aromatic N) is 1. The van der Waals surface area contributed by atoms with Gasteiger partial charge in [0, 0.05) is 42.4 Å². The number of anilines is 1. The van der Waals surface area contributed by atoms with Crippen LogP contribution in [-0.2, 0) is 16.1 Å². The van der Waals surface area contributed by atoms with Crippen LogP contribution in [0.2, 0.25) is 0 Å². The van der Waals surface area contributed by atoms with E-state index >= 15 is 0 Å². The molecule has 2 fully saturated rings. The van der Waals surface area contributed by atoms with Gasteiger partial charge in [-0.1, -0.05) is 61.5 Å². The number of ether oxygens (including phenoxy) is 2. The molecule has 0 radical (unpaired) electrons. The molecule has 0 spiro atoms. The minimum absolute atomic E-state index is 0.00546. The van der Waals surface area contributed by atoms with Crippen LogP contribution in [0.1, 0.15) is 52.8 Å². The number of carbonyl (C=O) groups is 1. The first-order chi connectivity index (χ1) is 18.0. The molecule has 37 heavy (non-hydrogen) atoms. The van der Waals surface area contributed by atoms with Crippen molar-refractivity contribution >= 4 is 11.6 Å². The van der Waals surface area contributed by atoms with Gasteiger partial charge in [-0.25, -0.2) is 0 Å². The molecule has 2 aliphatic heterocycles. The standard InChI is InChI=1S/C30H34N2O5/c1-20-27(18-32-15-14-26(34)17-32)36-30(37-28(20)22-12-10-21(19-33)11-13-22)24-8-5-9-25(16-24)31-29(35)23-6-3-2-4-7-23/h2-13,16,20,26-28,30,33-34H,14-15,17-19H2,1H3,(H,31,35). The van der Waals surface area contributed by atoms with Crippen molar-refractivity contribution in [2.75, 3.05) is 25.0 Å². The Bertz CT molecular complexity index is 1190. The zero-order valence-corrected chi connectivity index (χ0v) is 21.0. The fourth-order valence-electron chi connectivity index (χ4n) is 5.12. The highest BCUT2D eigenvalue weighted by Crippen LogP contribution is 2.42. The van der Waals surface area contributed by atoms with Crippen LogP contribution in [0.15, 0.2) is 78.9 Å². The minimum Gasteiger partial charge on any atom is -0.392 e. The second-order valence-electron chi connectivity index (χ2n) is 9.97. The first kappa shape index (κ1) is 25.6. The van der Waals surface area contributed by atoms with Crippen molar-refractivity contribution < 1.29 is 24.5 Å². The second kappa shape index (κ2) is 11.5. The Morgan fingerprint density at radius 1 is 1.00 bits per heavy atom. The molecule has 5 rings (SSSR count). The van der Waals surface area contributed by atoms with E-state index in [4.69, 9.17) is 9.47 Å². The first-order valence-electron chi connectivity index (χ1n) is 12.9. The van der Waals surface area contributed by atoms with E-state index < -0.39 is 6.29 Å². The van der Waals surface area contributed by atoms with E-state index in [0.717, 1.165) is 29.7 Å². The molecule has 3 aromatic carbocycles. The van der Waals surface area contributed by atoms with Gasteiger partial charge in [0.1, 0.15) is 0 Å². The Balaban J connectivity index is 1.38. The molecule has 7 nitrogen and oxygen atoms in total. The maximum Gasteiger partial charge on any atom is 0.255 e. The van der Waals surface area contributed by atoms with E-state index in [1.165, 1.54) is 0 Å². The van der Waals surface area contributed by atoms with Crippen LogP contribution in [0.4, 0.5) is 5.69 Å². The monoisotopic (exact) mass is 502 g/mol. The number of likely N-dealkylation sites (tertiary alicyclic amines) is 1. The molecular formula is C30H34N2O5. The third-order valence-electron chi connectivity index (χ3n) is 7.26. The van der Waals surface area contributed by atoms with Gasteiger partial charge in [0.15, 0.2) is 6.29 Å². The summed E-state index contributed by atoms with van der Waals surface area (Å²) in [7, 11) is 0. The van der Waals surface area contributed by atoms with E-state index in [1.54, 1.807) is 12.1 Å². The van der Waals surface area contributed by atoms with E-state index in [-0.39, 0.29) is 36.7 Å². The third-order valence-corrected chi connectivity index (χ3v) is 7.26. The summed E-state index contributed by atoms with van der Waals surface area (Å²) in [4.78, 5) is 14.9. The number of aliphatic hydroxyl groups excluding tert-OH is 2. The zero-order chi connectivity index (χ0) is 25.8. The number of rotatable bonds is 7. The molecule has 0 saturated carbocycles. The van der Waals surface area contributed by atoms with Gasteiger partial charge in [0.2, 0.25) is 0 Å². The highest BCUT2D eigenvalue weighted by Gasteiger charge is 2.40. The number of aliphatic hydroxyl groups is 2. The Kier molecular flexibility index (Phi) is 7.98. The summed E-state index contributed by atoms with van der Waals surface area (Å²) >= 11 is 0. The predicted molar refractivity (Wildman–Crippen MR) is 141 cm³/mol. The number of amides is 1. The summed E-state index contributed by atoms with van der Waals surface area (Å²) in [5.41, 5.74) is 3.95. The van der Waals surface area contributed by atoms with Crippen LogP contribution < -0.4 is 5.32 Å². The molecule has 0 bridgehead atoms. The highest BCUT2D eigenvalue weighted by molar-refractivity contribution is 6.04. The molecule has 3 aromatic rings. The molecule has 0 aliphatic carbocycles. The summed E-state index contributed by atoms with van der Waals surface area (Å²) < 4.78 is 13.1. The number of hydrogen-bond donors (Lipinski definition) is 3. The highest BCUT2D eigenvalue weighted by atomic mass is 16.7. The lowest BCUT2D eigenvalue weighted by atomic mass is 9.90.